The van der Waals surface area contributed by atoms with Crippen molar-refractivity contribution in [2.45, 2.75) is 52.5 Å². The Bertz CT molecular complexity index is 585. The first-order chi connectivity index (χ1) is 9.05. The highest BCUT2D eigenvalue weighted by atomic mass is 16.3. The Balaban J connectivity index is 1.78. The molecule has 1 fully saturated rings. The third-order valence-electron chi connectivity index (χ3n) is 4.07. The van der Waals surface area contributed by atoms with Gasteiger partial charge in [0, 0.05) is 18.2 Å². The summed E-state index contributed by atoms with van der Waals surface area (Å²) in [5, 5.41) is 3.63. The molecule has 1 aromatic carbocycles. The molecule has 1 unspecified atom stereocenters. The lowest BCUT2D eigenvalue weighted by atomic mass is 9.92. The summed E-state index contributed by atoms with van der Waals surface area (Å²) in [6, 6.07) is 6.80. The van der Waals surface area contributed by atoms with Crippen molar-refractivity contribution in [2.75, 3.05) is 5.32 Å². The molecule has 1 saturated carbocycles. The molecule has 1 N–H and O–H groups in total. The van der Waals surface area contributed by atoms with Gasteiger partial charge in [0.25, 0.3) is 0 Å². The van der Waals surface area contributed by atoms with Crippen molar-refractivity contribution in [3.05, 3.63) is 24.1 Å². The molecule has 102 valence electrons. The standard InChI is InChI=1S/C16H22N2O/c1-4-15-18-13-9-11(5-6-14(13)19-15)17-12-7-8-16(2,3)10-12/h5-6,9,12,17H,4,7-8,10H2,1-3H3. The first-order valence-electron chi connectivity index (χ1n) is 7.22. The van der Waals surface area contributed by atoms with Crippen molar-refractivity contribution in [3.8, 4) is 0 Å². The zero-order valence-electron chi connectivity index (χ0n) is 12.0. The Morgan fingerprint density at radius 2 is 2.26 bits per heavy atom. The molecule has 1 heterocycles. The molecule has 3 rings (SSSR count). The van der Waals surface area contributed by atoms with E-state index in [2.05, 4.69) is 43.2 Å². The fraction of sp³-hybridized carbons (Fsp3) is 0.562. The summed E-state index contributed by atoms with van der Waals surface area (Å²) in [5.74, 6) is 0.814. The lowest BCUT2D eigenvalue weighted by Gasteiger charge is -2.18. The lowest BCUT2D eigenvalue weighted by Crippen LogP contribution is -2.17. The molecule has 3 heteroatoms. The predicted molar refractivity (Wildman–Crippen MR) is 78.4 cm³/mol. The molecule has 1 aliphatic rings. The average molecular weight is 258 g/mol. The fourth-order valence-corrected chi connectivity index (χ4v) is 3.01. The second kappa shape index (κ2) is 4.55. The summed E-state index contributed by atoms with van der Waals surface area (Å²) >= 11 is 0. The number of aromatic nitrogens is 1. The summed E-state index contributed by atoms with van der Waals surface area (Å²) in [7, 11) is 0. The van der Waals surface area contributed by atoms with E-state index in [0.29, 0.717) is 11.5 Å². The second-order valence-corrected chi connectivity index (χ2v) is 6.39. The van der Waals surface area contributed by atoms with Crippen LogP contribution in [0.4, 0.5) is 5.69 Å². The smallest absolute Gasteiger partial charge is 0.195 e. The predicted octanol–water partition coefficient (Wildman–Crippen LogP) is 4.38. The number of nitrogens with zero attached hydrogens (tertiary/aromatic N) is 1. The summed E-state index contributed by atoms with van der Waals surface area (Å²) in [6.07, 6.45) is 4.64. The van der Waals surface area contributed by atoms with Crippen molar-refractivity contribution in [1.82, 2.24) is 4.98 Å². The zero-order chi connectivity index (χ0) is 13.5. The van der Waals surface area contributed by atoms with Gasteiger partial charge in [-0.15, -0.1) is 0 Å². The summed E-state index contributed by atoms with van der Waals surface area (Å²) < 4.78 is 5.64. The van der Waals surface area contributed by atoms with E-state index in [1.54, 1.807) is 0 Å². The minimum absolute atomic E-state index is 0.477. The van der Waals surface area contributed by atoms with E-state index in [1.165, 1.54) is 19.3 Å². The van der Waals surface area contributed by atoms with Crippen LogP contribution in [0.1, 0.15) is 45.9 Å². The number of benzene rings is 1. The Hall–Kier alpha value is -1.51. The number of rotatable bonds is 3. The Morgan fingerprint density at radius 1 is 1.42 bits per heavy atom. The first-order valence-corrected chi connectivity index (χ1v) is 7.22. The molecule has 0 saturated heterocycles. The van der Waals surface area contributed by atoms with Gasteiger partial charge in [0.05, 0.1) is 0 Å². The van der Waals surface area contributed by atoms with Crippen molar-refractivity contribution in [1.29, 1.82) is 0 Å². The van der Waals surface area contributed by atoms with Crippen LogP contribution in [0.25, 0.3) is 11.1 Å². The van der Waals surface area contributed by atoms with Crippen molar-refractivity contribution in [2.24, 2.45) is 5.41 Å². The van der Waals surface area contributed by atoms with Gasteiger partial charge in [-0.25, -0.2) is 4.98 Å². The summed E-state index contributed by atoms with van der Waals surface area (Å²) in [5.41, 5.74) is 3.48. The number of hydrogen-bond acceptors (Lipinski definition) is 3. The van der Waals surface area contributed by atoms with Crippen LogP contribution < -0.4 is 5.32 Å². The molecule has 1 aliphatic carbocycles. The average Bonchev–Trinajstić information content (AvgIpc) is 2.91. The summed E-state index contributed by atoms with van der Waals surface area (Å²) in [6.45, 7) is 6.76. The van der Waals surface area contributed by atoms with E-state index in [1.807, 2.05) is 6.07 Å². The van der Waals surface area contributed by atoms with Crippen LogP contribution in [0.3, 0.4) is 0 Å². The Kier molecular flexibility index (Phi) is 3.00. The minimum Gasteiger partial charge on any atom is -0.441 e. The lowest BCUT2D eigenvalue weighted by molar-refractivity contribution is 0.378. The molecular formula is C16H22N2O. The molecule has 2 aromatic rings. The van der Waals surface area contributed by atoms with Gasteiger partial charge in [0.1, 0.15) is 5.52 Å². The molecule has 1 aromatic heterocycles. The van der Waals surface area contributed by atoms with E-state index in [4.69, 9.17) is 4.42 Å². The van der Waals surface area contributed by atoms with E-state index >= 15 is 0 Å². The van der Waals surface area contributed by atoms with Gasteiger partial charge in [-0.2, -0.15) is 0 Å². The minimum atomic E-state index is 0.477. The highest BCUT2D eigenvalue weighted by Crippen LogP contribution is 2.38. The van der Waals surface area contributed by atoms with Crippen LogP contribution in [0.5, 0.6) is 0 Å². The molecule has 0 amide bonds. The normalized spacial score (nSPS) is 21.9. The highest BCUT2D eigenvalue weighted by molar-refractivity contribution is 5.77. The van der Waals surface area contributed by atoms with Crippen LogP contribution >= 0.6 is 0 Å². The van der Waals surface area contributed by atoms with Crippen molar-refractivity contribution in [3.63, 3.8) is 0 Å². The first kappa shape index (κ1) is 12.5. The van der Waals surface area contributed by atoms with Crippen LogP contribution in [0.15, 0.2) is 22.6 Å². The number of hydrogen-bond donors (Lipinski definition) is 1. The maximum absolute atomic E-state index is 5.64. The van der Waals surface area contributed by atoms with Gasteiger partial charge in [-0.1, -0.05) is 20.8 Å². The number of anilines is 1. The summed E-state index contributed by atoms with van der Waals surface area (Å²) in [4.78, 5) is 4.49. The zero-order valence-corrected chi connectivity index (χ0v) is 12.0. The van der Waals surface area contributed by atoms with Crippen LogP contribution in [-0.2, 0) is 6.42 Å². The Labute approximate surface area is 114 Å². The second-order valence-electron chi connectivity index (χ2n) is 6.39. The van der Waals surface area contributed by atoms with E-state index < -0.39 is 0 Å². The number of oxazole rings is 1. The third-order valence-corrected chi connectivity index (χ3v) is 4.07. The maximum Gasteiger partial charge on any atom is 0.195 e. The van der Waals surface area contributed by atoms with Gasteiger partial charge < -0.3 is 9.73 Å². The maximum atomic E-state index is 5.64. The topological polar surface area (TPSA) is 38.1 Å². The number of nitrogens with one attached hydrogen (secondary N) is 1. The quantitative estimate of drug-likeness (QED) is 0.887. The molecule has 1 atom stereocenters. The van der Waals surface area contributed by atoms with Gasteiger partial charge >= 0.3 is 0 Å². The SMILES string of the molecule is CCc1nc2cc(NC3CCC(C)(C)C3)ccc2o1. The molecular weight excluding hydrogens is 236 g/mol. The fourth-order valence-electron chi connectivity index (χ4n) is 3.01. The molecule has 19 heavy (non-hydrogen) atoms. The van der Waals surface area contributed by atoms with E-state index in [9.17, 15) is 0 Å². The van der Waals surface area contributed by atoms with Gasteiger partial charge in [-0.05, 0) is 42.9 Å². The monoisotopic (exact) mass is 258 g/mol. The van der Waals surface area contributed by atoms with Crippen LogP contribution in [0, 0.1) is 5.41 Å². The highest BCUT2D eigenvalue weighted by Gasteiger charge is 2.30. The van der Waals surface area contributed by atoms with Gasteiger partial charge in [-0.3, -0.25) is 0 Å². The largest absolute Gasteiger partial charge is 0.441 e. The molecule has 0 spiro atoms. The van der Waals surface area contributed by atoms with Crippen molar-refractivity contribution >= 4 is 16.8 Å². The van der Waals surface area contributed by atoms with Crippen LogP contribution in [-0.4, -0.2) is 11.0 Å². The molecule has 3 nitrogen and oxygen atoms in total. The Morgan fingerprint density at radius 3 is 2.95 bits per heavy atom. The molecule has 0 bridgehead atoms. The van der Waals surface area contributed by atoms with Crippen molar-refractivity contribution < 1.29 is 4.42 Å². The third kappa shape index (κ3) is 2.60. The molecule has 0 aliphatic heterocycles. The van der Waals surface area contributed by atoms with Gasteiger partial charge in [0.15, 0.2) is 11.5 Å². The number of fused-ring (bicyclic) bond motifs is 1. The number of aryl methyl sites for hydroxylation is 1. The van der Waals surface area contributed by atoms with Gasteiger partial charge in [0.2, 0.25) is 0 Å². The molecule has 0 radical (unpaired) electrons. The van der Waals surface area contributed by atoms with E-state index in [-0.39, 0.29) is 0 Å². The van der Waals surface area contributed by atoms with Crippen LogP contribution in [0.2, 0.25) is 0 Å². The van der Waals surface area contributed by atoms with E-state index in [0.717, 1.165) is 29.1 Å².